The Morgan fingerprint density at radius 2 is 2.05 bits per heavy atom. The summed E-state index contributed by atoms with van der Waals surface area (Å²) >= 11 is 0. The molecule has 112 valence electrons. The average Bonchev–Trinajstić information content (AvgIpc) is 2.46. The number of carboxylic acids is 1. The van der Waals surface area contributed by atoms with Gasteiger partial charge in [0.2, 0.25) is 0 Å². The standard InChI is InChI=1S/C16H20N2O3/c1-11(2)18(9-4-10-19)15-8-7-12-13(16(20)21)5-3-6-14(12)17-15/h3,5-8,11,19H,4,9-10H2,1-2H3,(H,20,21). The van der Waals surface area contributed by atoms with Crippen molar-refractivity contribution in [1.29, 1.82) is 0 Å². The molecular formula is C16H20N2O3. The molecule has 0 aliphatic rings. The molecule has 0 aliphatic carbocycles. The van der Waals surface area contributed by atoms with Gasteiger partial charge < -0.3 is 15.1 Å². The first-order chi connectivity index (χ1) is 10.0. The lowest BCUT2D eigenvalue weighted by Crippen LogP contribution is -2.32. The minimum atomic E-state index is -0.948. The highest BCUT2D eigenvalue weighted by atomic mass is 16.4. The second-order valence-corrected chi connectivity index (χ2v) is 5.21. The van der Waals surface area contributed by atoms with Crippen LogP contribution >= 0.6 is 0 Å². The summed E-state index contributed by atoms with van der Waals surface area (Å²) in [7, 11) is 0. The molecule has 0 aliphatic heterocycles. The second-order valence-electron chi connectivity index (χ2n) is 5.21. The Labute approximate surface area is 123 Å². The molecule has 5 heteroatoms. The fourth-order valence-electron chi connectivity index (χ4n) is 2.37. The summed E-state index contributed by atoms with van der Waals surface area (Å²) < 4.78 is 0. The molecule has 5 nitrogen and oxygen atoms in total. The Morgan fingerprint density at radius 3 is 2.67 bits per heavy atom. The predicted octanol–water partition coefficient (Wildman–Crippen LogP) is 2.53. The predicted molar refractivity (Wildman–Crippen MR) is 82.9 cm³/mol. The molecule has 0 radical (unpaired) electrons. The van der Waals surface area contributed by atoms with Gasteiger partial charge in [-0.15, -0.1) is 0 Å². The minimum absolute atomic E-state index is 0.139. The van der Waals surface area contributed by atoms with Crippen LogP contribution < -0.4 is 4.90 Å². The number of anilines is 1. The molecule has 0 atom stereocenters. The number of benzene rings is 1. The Bertz CT molecular complexity index is 640. The van der Waals surface area contributed by atoms with Crippen molar-refractivity contribution in [2.75, 3.05) is 18.1 Å². The van der Waals surface area contributed by atoms with Crippen molar-refractivity contribution in [3.05, 3.63) is 35.9 Å². The van der Waals surface area contributed by atoms with Gasteiger partial charge >= 0.3 is 5.97 Å². The van der Waals surface area contributed by atoms with Crippen LogP contribution in [0, 0.1) is 0 Å². The summed E-state index contributed by atoms with van der Waals surface area (Å²) in [5.74, 6) is -0.148. The molecule has 0 saturated carbocycles. The zero-order chi connectivity index (χ0) is 15.4. The topological polar surface area (TPSA) is 73.7 Å². The van der Waals surface area contributed by atoms with Crippen molar-refractivity contribution in [3.8, 4) is 0 Å². The molecule has 0 saturated heterocycles. The molecule has 1 aromatic carbocycles. The van der Waals surface area contributed by atoms with Gasteiger partial charge in [-0.1, -0.05) is 6.07 Å². The highest BCUT2D eigenvalue weighted by molar-refractivity contribution is 6.02. The van der Waals surface area contributed by atoms with Crippen LogP contribution in [0.2, 0.25) is 0 Å². The van der Waals surface area contributed by atoms with E-state index in [0.717, 1.165) is 5.82 Å². The number of aromatic carboxylic acids is 1. The molecule has 2 N–H and O–H groups in total. The third-order valence-corrected chi connectivity index (χ3v) is 3.42. The molecule has 1 aromatic heterocycles. The molecule has 2 aromatic rings. The van der Waals surface area contributed by atoms with Crippen molar-refractivity contribution in [2.24, 2.45) is 0 Å². The Morgan fingerprint density at radius 1 is 1.29 bits per heavy atom. The smallest absolute Gasteiger partial charge is 0.336 e. The van der Waals surface area contributed by atoms with Crippen LogP contribution in [-0.2, 0) is 0 Å². The van der Waals surface area contributed by atoms with E-state index in [1.807, 2.05) is 12.1 Å². The number of hydrogen-bond acceptors (Lipinski definition) is 4. The summed E-state index contributed by atoms with van der Waals surface area (Å²) in [5.41, 5.74) is 0.931. The van der Waals surface area contributed by atoms with E-state index in [-0.39, 0.29) is 18.2 Å². The van der Waals surface area contributed by atoms with Gasteiger partial charge in [-0.25, -0.2) is 9.78 Å². The summed E-state index contributed by atoms with van der Waals surface area (Å²) in [6.45, 7) is 4.99. The molecule has 21 heavy (non-hydrogen) atoms. The number of nitrogens with zero attached hydrogens (tertiary/aromatic N) is 2. The van der Waals surface area contributed by atoms with Gasteiger partial charge in [-0.3, -0.25) is 0 Å². The fourth-order valence-corrected chi connectivity index (χ4v) is 2.37. The molecule has 2 rings (SSSR count). The van der Waals surface area contributed by atoms with E-state index >= 15 is 0 Å². The number of fused-ring (bicyclic) bond motifs is 1. The van der Waals surface area contributed by atoms with E-state index in [1.165, 1.54) is 0 Å². The lowest BCUT2D eigenvalue weighted by molar-refractivity contribution is 0.0699. The summed E-state index contributed by atoms with van der Waals surface area (Å²) in [6.07, 6.45) is 0.674. The van der Waals surface area contributed by atoms with Gasteiger partial charge in [0.1, 0.15) is 5.82 Å². The molecule has 0 spiro atoms. The Kier molecular flexibility index (Phi) is 4.75. The molecular weight excluding hydrogens is 268 g/mol. The normalized spacial score (nSPS) is 11.0. The van der Waals surface area contributed by atoms with Gasteiger partial charge in [-0.05, 0) is 44.5 Å². The van der Waals surface area contributed by atoms with Crippen LogP contribution in [0.5, 0.6) is 0 Å². The molecule has 0 bridgehead atoms. The lowest BCUT2D eigenvalue weighted by atomic mass is 10.1. The van der Waals surface area contributed by atoms with Crippen LogP contribution in [0.4, 0.5) is 5.82 Å². The minimum Gasteiger partial charge on any atom is -0.478 e. The third kappa shape index (κ3) is 3.31. The van der Waals surface area contributed by atoms with Crippen molar-refractivity contribution in [1.82, 2.24) is 4.98 Å². The maximum atomic E-state index is 11.2. The van der Waals surface area contributed by atoms with Gasteiger partial charge in [0, 0.05) is 24.6 Å². The number of hydrogen-bond donors (Lipinski definition) is 2. The Hall–Kier alpha value is -2.14. The van der Waals surface area contributed by atoms with Gasteiger partial charge in [-0.2, -0.15) is 0 Å². The number of aliphatic hydroxyl groups excluding tert-OH is 1. The highest BCUT2D eigenvalue weighted by Crippen LogP contribution is 2.22. The monoisotopic (exact) mass is 288 g/mol. The molecule has 0 fully saturated rings. The van der Waals surface area contributed by atoms with E-state index in [9.17, 15) is 9.90 Å². The first kappa shape index (κ1) is 15.3. The zero-order valence-corrected chi connectivity index (χ0v) is 12.3. The van der Waals surface area contributed by atoms with Crippen molar-refractivity contribution in [2.45, 2.75) is 26.3 Å². The summed E-state index contributed by atoms with van der Waals surface area (Å²) in [5, 5.41) is 18.8. The quantitative estimate of drug-likeness (QED) is 0.854. The van der Waals surface area contributed by atoms with E-state index in [1.54, 1.807) is 18.2 Å². The van der Waals surface area contributed by atoms with Crippen LogP contribution in [-0.4, -0.2) is 40.4 Å². The SMILES string of the molecule is CC(C)N(CCCO)c1ccc2c(C(=O)O)cccc2n1. The van der Waals surface area contributed by atoms with Crippen molar-refractivity contribution >= 4 is 22.7 Å². The van der Waals surface area contributed by atoms with Crippen LogP contribution in [0.15, 0.2) is 30.3 Å². The zero-order valence-electron chi connectivity index (χ0n) is 12.3. The van der Waals surface area contributed by atoms with Gasteiger partial charge in [0.15, 0.2) is 0 Å². The molecule has 0 unspecified atom stereocenters. The number of carbonyl (C=O) groups is 1. The van der Waals surface area contributed by atoms with E-state index in [2.05, 4.69) is 23.7 Å². The summed E-state index contributed by atoms with van der Waals surface area (Å²) in [4.78, 5) is 17.9. The van der Waals surface area contributed by atoms with E-state index < -0.39 is 5.97 Å². The number of carboxylic acid groups (broad SMARTS) is 1. The molecule has 0 amide bonds. The Balaban J connectivity index is 2.44. The first-order valence-electron chi connectivity index (χ1n) is 7.05. The van der Waals surface area contributed by atoms with Crippen molar-refractivity contribution < 1.29 is 15.0 Å². The number of rotatable bonds is 6. The fraction of sp³-hybridized carbons (Fsp3) is 0.375. The second kappa shape index (κ2) is 6.54. The summed E-state index contributed by atoms with van der Waals surface area (Å²) in [6, 6.07) is 9.00. The van der Waals surface area contributed by atoms with Gasteiger partial charge in [0.25, 0.3) is 0 Å². The largest absolute Gasteiger partial charge is 0.478 e. The average molecular weight is 288 g/mol. The van der Waals surface area contributed by atoms with Gasteiger partial charge in [0.05, 0.1) is 11.1 Å². The first-order valence-corrected chi connectivity index (χ1v) is 7.05. The number of aromatic nitrogens is 1. The van der Waals surface area contributed by atoms with Crippen LogP contribution in [0.3, 0.4) is 0 Å². The van der Waals surface area contributed by atoms with E-state index in [0.29, 0.717) is 23.9 Å². The maximum absolute atomic E-state index is 11.2. The van der Waals surface area contributed by atoms with Crippen LogP contribution in [0.25, 0.3) is 10.9 Å². The lowest BCUT2D eigenvalue weighted by Gasteiger charge is -2.28. The molecule has 1 heterocycles. The number of pyridine rings is 1. The maximum Gasteiger partial charge on any atom is 0.336 e. The highest BCUT2D eigenvalue weighted by Gasteiger charge is 2.14. The number of aliphatic hydroxyl groups is 1. The van der Waals surface area contributed by atoms with Crippen LogP contribution in [0.1, 0.15) is 30.6 Å². The third-order valence-electron chi connectivity index (χ3n) is 3.42. The van der Waals surface area contributed by atoms with E-state index in [4.69, 9.17) is 5.11 Å². The van der Waals surface area contributed by atoms with Crippen molar-refractivity contribution in [3.63, 3.8) is 0 Å².